The Morgan fingerprint density at radius 2 is 1.96 bits per heavy atom. The van der Waals surface area contributed by atoms with Gasteiger partial charge in [-0.15, -0.1) is 0 Å². The first kappa shape index (κ1) is 20.9. The molecule has 1 rings (SSSR count). The van der Waals surface area contributed by atoms with E-state index in [1.807, 2.05) is 0 Å². The SMILES string of the molecule is [N-]=[N+]=NCCCCCC(CCS(=O)[O-])OC(=O)ON1C(=O)CCC1=O. The highest BCUT2D eigenvalue weighted by molar-refractivity contribution is 7.79. The van der Waals surface area contributed by atoms with E-state index in [-0.39, 0.29) is 25.0 Å². The lowest BCUT2D eigenvalue weighted by atomic mass is 10.1. The number of hydrogen-bond donors (Lipinski definition) is 0. The molecule has 0 N–H and O–H groups in total. The summed E-state index contributed by atoms with van der Waals surface area (Å²) >= 11 is -2.28. The largest absolute Gasteiger partial charge is 0.772 e. The number of carbonyl (C=O) groups is 3. The zero-order valence-corrected chi connectivity index (χ0v) is 14.3. The molecule has 0 spiro atoms. The number of carbonyl (C=O) groups excluding carboxylic acids is 3. The first-order valence-electron chi connectivity index (χ1n) is 7.75. The lowest BCUT2D eigenvalue weighted by molar-refractivity contribution is -0.178. The van der Waals surface area contributed by atoms with Crippen LogP contribution < -0.4 is 0 Å². The molecule has 1 heterocycles. The van der Waals surface area contributed by atoms with E-state index in [1.54, 1.807) is 0 Å². The predicted molar refractivity (Wildman–Crippen MR) is 83.3 cm³/mol. The molecule has 1 aliphatic rings. The fraction of sp³-hybridized carbons (Fsp3) is 0.769. The highest BCUT2D eigenvalue weighted by atomic mass is 32.2. The highest BCUT2D eigenvalue weighted by Crippen LogP contribution is 2.16. The van der Waals surface area contributed by atoms with E-state index in [0.717, 1.165) is 0 Å². The van der Waals surface area contributed by atoms with Crippen LogP contribution in [-0.2, 0) is 30.2 Å². The summed E-state index contributed by atoms with van der Waals surface area (Å²) in [5.74, 6) is -1.45. The van der Waals surface area contributed by atoms with Crippen molar-refractivity contribution in [2.45, 2.75) is 51.0 Å². The highest BCUT2D eigenvalue weighted by Gasteiger charge is 2.34. The molecule has 0 saturated carbocycles. The Kier molecular flexibility index (Phi) is 9.51. The van der Waals surface area contributed by atoms with Crippen molar-refractivity contribution in [1.29, 1.82) is 0 Å². The summed E-state index contributed by atoms with van der Waals surface area (Å²) in [6, 6.07) is 0. The number of nitrogens with zero attached hydrogens (tertiary/aromatic N) is 4. The van der Waals surface area contributed by atoms with Crippen molar-refractivity contribution in [3.63, 3.8) is 0 Å². The lowest BCUT2D eigenvalue weighted by Crippen LogP contribution is -2.34. The van der Waals surface area contributed by atoms with Gasteiger partial charge in [0.2, 0.25) is 0 Å². The number of rotatable bonds is 11. The van der Waals surface area contributed by atoms with Gasteiger partial charge < -0.3 is 9.29 Å². The molecule has 0 aromatic carbocycles. The third kappa shape index (κ3) is 8.47. The van der Waals surface area contributed by atoms with Gasteiger partial charge in [-0.25, -0.2) is 4.79 Å². The van der Waals surface area contributed by atoms with E-state index < -0.39 is 35.2 Å². The van der Waals surface area contributed by atoms with Gasteiger partial charge in [0.25, 0.3) is 11.8 Å². The molecule has 11 nitrogen and oxygen atoms in total. The molecule has 0 aliphatic carbocycles. The third-order valence-corrected chi connectivity index (χ3v) is 3.96. The Bertz CT molecular complexity index is 549. The average Bonchev–Trinajstić information content (AvgIpc) is 2.87. The van der Waals surface area contributed by atoms with E-state index >= 15 is 0 Å². The number of azide groups is 1. The minimum Gasteiger partial charge on any atom is -0.772 e. The van der Waals surface area contributed by atoms with Crippen LogP contribution >= 0.6 is 0 Å². The van der Waals surface area contributed by atoms with Crippen molar-refractivity contribution in [3.05, 3.63) is 10.4 Å². The van der Waals surface area contributed by atoms with Gasteiger partial charge in [-0.2, -0.15) is 0 Å². The second kappa shape index (κ2) is 11.4. The van der Waals surface area contributed by atoms with Gasteiger partial charge in [-0.3, -0.25) is 18.6 Å². The van der Waals surface area contributed by atoms with Gasteiger partial charge in [0.15, 0.2) is 0 Å². The second-order valence-corrected chi connectivity index (χ2v) is 6.28. The van der Waals surface area contributed by atoms with Gasteiger partial charge >= 0.3 is 6.16 Å². The van der Waals surface area contributed by atoms with Crippen LogP contribution in [0.1, 0.15) is 44.9 Å². The molecule has 1 fully saturated rings. The number of imide groups is 1. The van der Waals surface area contributed by atoms with Crippen molar-refractivity contribution >= 4 is 29.1 Å². The van der Waals surface area contributed by atoms with Crippen molar-refractivity contribution in [3.8, 4) is 0 Å². The number of amides is 2. The van der Waals surface area contributed by atoms with Crippen molar-refractivity contribution < 1.29 is 32.7 Å². The topological polar surface area (TPSA) is 162 Å². The van der Waals surface area contributed by atoms with Crippen molar-refractivity contribution in [2.24, 2.45) is 5.11 Å². The molecule has 1 aliphatic heterocycles. The quantitative estimate of drug-likeness (QED) is 0.101. The molecule has 2 atom stereocenters. The standard InChI is InChI=1S/C13H20N4O7S/c14-16-15-8-3-1-2-4-10(7-9-25(21)22)23-13(20)24-17-11(18)5-6-12(17)19/h10H,1-9H2,(H,21,22)/p-1. The smallest absolute Gasteiger partial charge is 0.534 e. The van der Waals surface area contributed by atoms with Crippen LogP contribution in [0.5, 0.6) is 0 Å². The fourth-order valence-electron chi connectivity index (χ4n) is 2.16. The maximum Gasteiger partial charge on any atom is 0.534 e. The first-order chi connectivity index (χ1) is 11.9. The summed E-state index contributed by atoms with van der Waals surface area (Å²) in [5.41, 5.74) is 8.16. The van der Waals surface area contributed by atoms with E-state index in [4.69, 9.17) is 10.3 Å². The summed E-state index contributed by atoms with van der Waals surface area (Å²) in [6.45, 7) is 0.355. The molecule has 0 bridgehead atoms. The number of hydrogen-bond acceptors (Lipinski definition) is 8. The third-order valence-electron chi connectivity index (χ3n) is 3.39. The molecule has 25 heavy (non-hydrogen) atoms. The normalized spacial score (nSPS) is 16.3. The summed E-state index contributed by atoms with van der Waals surface area (Å²) in [6.07, 6.45) is 0.422. The average molecular weight is 375 g/mol. The van der Waals surface area contributed by atoms with Crippen LogP contribution in [-0.4, -0.2) is 50.2 Å². The number of ether oxygens (including phenoxy) is 1. The molecule has 2 unspecified atom stereocenters. The molecule has 140 valence electrons. The van der Waals surface area contributed by atoms with Crippen LogP contribution in [0.4, 0.5) is 4.79 Å². The van der Waals surface area contributed by atoms with Crippen LogP contribution in [0.15, 0.2) is 5.11 Å². The second-order valence-electron chi connectivity index (χ2n) is 5.26. The minimum absolute atomic E-state index is 0.0319. The maximum absolute atomic E-state index is 11.7. The molecule has 2 amide bonds. The first-order valence-corrected chi connectivity index (χ1v) is 8.99. The van der Waals surface area contributed by atoms with Gasteiger partial charge in [-0.05, 0) is 31.2 Å². The predicted octanol–water partition coefficient (Wildman–Crippen LogP) is 1.71. The molecular weight excluding hydrogens is 356 g/mol. The molecule has 0 aromatic heterocycles. The summed E-state index contributed by atoms with van der Waals surface area (Å²) in [5, 5.41) is 3.76. The zero-order valence-electron chi connectivity index (χ0n) is 13.5. The van der Waals surface area contributed by atoms with Crippen LogP contribution in [0.3, 0.4) is 0 Å². The Morgan fingerprint density at radius 1 is 1.28 bits per heavy atom. The van der Waals surface area contributed by atoms with Crippen LogP contribution in [0.25, 0.3) is 10.4 Å². The van der Waals surface area contributed by atoms with E-state index in [9.17, 15) is 23.1 Å². The molecule has 12 heteroatoms. The van der Waals surface area contributed by atoms with E-state index in [0.29, 0.717) is 37.3 Å². The van der Waals surface area contributed by atoms with Crippen molar-refractivity contribution in [2.75, 3.05) is 12.3 Å². The van der Waals surface area contributed by atoms with E-state index in [2.05, 4.69) is 14.9 Å². The lowest BCUT2D eigenvalue weighted by Gasteiger charge is -2.19. The summed E-state index contributed by atoms with van der Waals surface area (Å²) < 4.78 is 26.4. The Balaban J connectivity index is 2.43. The molecular formula is C13H19N4O7S-. The van der Waals surface area contributed by atoms with E-state index in [1.165, 1.54) is 0 Å². The fourth-order valence-corrected chi connectivity index (χ4v) is 2.61. The zero-order chi connectivity index (χ0) is 18.7. The van der Waals surface area contributed by atoms with Crippen molar-refractivity contribution in [1.82, 2.24) is 5.06 Å². The van der Waals surface area contributed by atoms with Gasteiger partial charge in [0, 0.05) is 30.1 Å². The molecule has 0 radical (unpaired) electrons. The molecule has 1 saturated heterocycles. The van der Waals surface area contributed by atoms with Gasteiger partial charge in [0.1, 0.15) is 6.10 Å². The van der Waals surface area contributed by atoms with Gasteiger partial charge in [-0.1, -0.05) is 27.7 Å². The van der Waals surface area contributed by atoms with Gasteiger partial charge in [0.05, 0.1) is 0 Å². The Morgan fingerprint density at radius 3 is 2.56 bits per heavy atom. The van der Waals surface area contributed by atoms with Crippen LogP contribution in [0, 0.1) is 0 Å². The summed E-state index contributed by atoms with van der Waals surface area (Å²) in [7, 11) is 0. The Labute approximate surface area is 146 Å². The summed E-state index contributed by atoms with van der Waals surface area (Å²) in [4.78, 5) is 41.7. The minimum atomic E-state index is -2.28. The molecule has 0 aromatic rings. The van der Waals surface area contributed by atoms with Crippen LogP contribution in [0.2, 0.25) is 0 Å². The number of unbranched alkanes of at least 4 members (excludes halogenated alkanes) is 2. The maximum atomic E-state index is 11.7. The monoisotopic (exact) mass is 375 g/mol. The Hall–Kier alpha value is -2.17. The number of hydroxylamine groups is 2.